The zero-order valence-corrected chi connectivity index (χ0v) is 14.6. The molecule has 0 saturated heterocycles. The number of halogens is 2. The van der Waals surface area contributed by atoms with E-state index in [-0.39, 0.29) is 23.0 Å². The number of rotatable bonds is 4. The molecule has 4 nitrogen and oxygen atoms in total. The van der Waals surface area contributed by atoms with Crippen LogP contribution in [0.1, 0.15) is 28.4 Å². The number of carbonyl (C=O) groups is 1. The summed E-state index contributed by atoms with van der Waals surface area (Å²) in [4.78, 5) is 16.6. The summed E-state index contributed by atoms with van der Waals surface area (Å²) in [5.74, 6) is -1.37. The van der Waals surface area contributed by atoms with Crippen molar-refractivity contribution < 1.29 is 13.6 Å². The summed E-state index contributed by atoms with van der Waals surface area (Å²) in [6.45, 7) is 2.36. The van der Waals surface area contributed by atoms with Crippen LogP contribution in [0.15, 0.2) is 48.5 Å². The van der Waals surface area contributed by atoms with Gasteiger partial charge in [0, 0.05) is 12.2 Å². The first-order chi connectivity index (χ1) is 13.1. The van der Waals surface area contributed by atoms with E-state index in [1.807, 2.05) is 24.3 Å². The van der Waals surface area contributed by atoms with Gasteiger partial charge in [0.25, 0.3) is 5.91 Å². The number of aromatic nitrogens is 1. The topological polar surface area (TPSA) is 54.0 Å². The Kier molecular flexibility index (Phi) is 4.32. The summed E-state index contributed by atoms with van der Waals surface area (Å²) >= 11 is 0. The number of carbonyl (C=O) groups excluding carboxylic acids is 1. The Morgan fingerprint density at radius 2 is 1.78 bits per heavy atom. The molecule has 1 aliphatic rings. The van der Waals surface area contributed by atoms with Crippen molar-refractivity contribution in [1.82, 2.24) is 10.3 Å². The summed E-state index contributed by atoms with van der Waals surface area (Å²) in [6.07, 6.45) is 0.915. The molecule has 0 aliphatic carbocycles. The summed E-state index contributed by atoms with van der Waals surface area (Å²) in [7, 11) is 0. The minimum atomic E-state index is -0.696. The molecule has 6 heteroatoms. The molecule has 1 amide bonds. The number of pyridine rings is 1. The lowest BCUT2D eigenvalue weighted by Gasteiger charge is -2.13. The largest absolute Gasteiger partial charge is 0.348 e. The third kappa shape index (κ3) is 3.14. The van der Waals surface area contributed by atoms with Crippen LogP contribution in [-0.2, 0) is 13.0 Å². The minimum Gasteiger partial charge on any atom is -0.348 e. The zero-order valence-electron chi connectivity index (χ0n) is 14.6. The quantitative estimate of drug-likeness (QED) is 0.712. The Labute approximate surface area is 155 Å². The highest BCUT2D eigenvalue weighted by Gasteiger charge is 2.26. The second kappa shape index (κ2) is 6.79. The summed E-state index contributed by atoms with van der Waals surface area (Å²) in [5, 5.41) is 5.85. The van der Waals surface area contributed by atoms with E-state index in [0.717, 1.165) is 12.1 Å². The van der Waals surface area contributed by atoms with Crippen LogP contribution in [-0.4, -0.2) is 10.9 Å². The van der Waals surface area contributed by atoms with Gasteiger partial charge in [0.15, 0.2) is 0 Å². The van der Waals surface area contributed by atoms with E-state index in [1.165, 1.54) is 23.8 Å². The van der Waals surface area contributed by atoms with E-state index in [1.54, 1.807) is 6.07 Å². The van der Waals surface area contributed by atoms with E-state index in [0.29, 0.717) is 17.7 Å². The molecule has 3 aromatic rings. The summed E-state index contributed by atoms with van der Waals surface area (Å²) in [6, 6.07) is 13.0. The van der Waals surface area contributed by atoms with E-state index >= 15 is 0 Å². The van der Waals surface area contributed by atoms with Crippen molar-refractivity contribution in [1.29, 1.82) is 0 Å². The third-order valence-corrected chi connectivity index (χ3v) is 4.61. The molecule has 2 N–H and O–H groups in total. The summed E-state index contributed by atoms with van der Waals surface area (Å²) in [5.41, 5.74) is 2.92. The van der Waals surface area contributed by atoms with Crippen LogP contribution >= 0.6 is 0 Å². The smallest absolute Gasteiger partial charge is 0.255 e. The first-order valence-electron chi connectivity index (χ1n) is 8.69. The normalized spacial score (nSPS) is 12.6. The van der Waals surface area contributed by atoms with Gasteiger partial charge in [0.05, 0.1) is 16.8 Å². The molecule has 0 bridgehead atoms. The number of hydrogen-bond acceptors (Lipinski definition) is 3. The van der Waals surface area contributed by atoms with Crippen molar-refractivity contribution in [2.45, 2.75) is 19.9 Å². The van der Waals surface area contributed by atoms with Gasteiger partial charge in [-0.25, -0.2) is 13.8 Å². The second-order valence-electron chi connectivity index (χ2n) is 6.35. The van der Waals surface area contributed by atoms with E-state index in [2.05, 4.69) is 22.5 Å². The Morgan fingerprint density at radius 1 is 1.07 bits per heavy atom. The number of fused-ring (bicyclic) bond motifs is 1. The molecule has 0 saturated carbocycles. The number of benzene rings is 2. The molecule has 4 rings (SSSR count). The van der Waals surface area contributed by atoms with Crippen LogP contribution in [0, 0.1) is 11.6 Å². The highest BCUT2D eigenvalue weighted by atomic mass is 19.1. The predicted octanol–water partition coefficient (Wildman–Crippen LogP) is 4.58. The van der Waals surface area contributed by atoms with Crippen molar-refractivity contribution in [3.8, 4) is 11.3 Å². The Hall–Kier alpha value is -3.28. The standard InChI is InChI=1S/C21H17F2N3O/c1-2-12-6-8-14(9-7-12)25-20-18-13(11-24-21(18)27)10-17(26-20)19-15(22)4-3-5-16(19)23/h3-10H,2,11H2,1H3,(H,24,27)(H,25,26). The van der Waals surface area contributed by atoms with Gasteiger partial charge in [0.2, 0.25) is 0 Å². The molecular formula is C21H17F2N3O. The Bertz CT molecular complexity index is 1010. The SMILES string of the molecule is CCc1ccc(Nc2nc(-c3c(F)cccc3F)cc3c2C(=O)NC3)cc1. The lowest BCUT2D eigenvalue weighted by atomic mass is 10.0. The molecule has 2 heterocycles. The molecule has 0 fully saturated rings. The Morgan fingerprint density at radius 3 is 2.44 bits per heavy atom. The number of nitrogens with zero attached hydrogens (tertiary/aromatic N) is 1. The van der Waals surface area contributed by atoms with Gasteiger partial charge in [0.1, 0.15) is 17.5 Å². The first-order valence-corrected chi connectivity index (χ1v) is 8.69. The van der Waals surface area contributed by atoms with E-state index < -0.39 is 11.6 Å². The molecular weight excluding hydrogens is 348 g/mol. The molecule has 0 radical (unpaired) electrons. The van der Waals surface area contributed by atoms with Gasteiger partial charge in [-0.15, -0.1) is 0 Å². The molecule has 0 unspecified atom stereocenters. The van der Waals surface area contributed by atoms with E-state index in [9.17, 15) is 13.6 Å². The molecule has 27 heavy (non-hydrogen) atoms. The maximum absolute atomic E-state index is 14.2. The monoisotopic (exact) mass is 365 g/mol. The highest BCUT2D eigenvalue weighted by molar-refractivity contribution is 6.03. The first kappa shape index (κ1) is 17.1. The molecule has 136 valence electrons. The fourth-order valence-corrected chi connectivity index (χ4v) is 3.18. The second-order valence-corrected chi connectivity index (χ2v) is 6.35. The lowest BCUT2D eigenvalue weighted by Crippen LogP contribution is -2.14. The molecule has 0 atom stereocenters. The molecule has 1 aliphatic heterocycles. The van der Waals surface area contributed by atoms with Gasteiger partial charge in [-0.05, 0) is 47.9 Å². The Balaban J connectivity index is 1.82. The van der Waals surface area contributed by atoms with Crippen molar-refractivity contribution in [3.63, 3.8) is 0 Å². The number of aryl methyl sites for hydroxylation is 1. The molecule has 2 aromatic carbocycles. The van der Waals surface area contributed by atoms with Gasteiger partial charge in [-0.2, -0.15) is 0 Å². The average Bonchev–Trinajstić information content (AvgIpc) is 3.03. The average molecular weight is 365 g/mol. The third-order valence-electron chi connectivity index (χ3n) is 4.61. The maximum atomic E-state index is 14.2. The fraction of sp³-hybridized carbons (Fsp3) is 0.143. The van der Waals surface area contributed by atoms with E-state index in [4.69, 9.17) is 0 Å². The lowest BCUT2D eigenvalue weighted by molar-refractivity contribution is 0.0966. The fourth-order valence-electron chi connectivity index (χ4n) is 3.18. The van der Waals surface area contributed by atoms with Crippen LogP contribution < -0.4 is 10.6 Å². The highest BCUT2D eigenvalue weighted by Crippen LogP contribution is 2.32. The van der Waals surface area contributed by atoms with Gasteiger partial charge < -0.3 is 10.6 Å². The molecule has 0 spiro atoms. The van der Waals surface area contributed by atoms with Gasteiger partial charge >= 0.3 is 0 Å². The van der Waals surface area contributed by atoms with Crippen LogP contribution in [0.2, 0.25) is 0 Å². The molecule has 1 aromatic heterocycles. The van der Waals surface area contributed by atoms with Gasteiger partial charge in [-0.3, -0.25) is 4.79 Å². The van der Waals surface area contributed by atoms with Crippen LogP contribution in [0.3, 0.4) is 0 Å². The van der Waals surface area contributed by atoms with Crippen LogP contribution in [0.4, 0.5) is 20.3 Å². The van der Waals surface area contributed by atoms with Crippen molar-refractivity contribution in [2.24, 2.45) is 0 Å². The number of nitrogens with one attached hydrogen (secondary N) is 2. The van der Waals surface area contributed by atoms with Crippen molar-refractivity contribution >= 4 is 17.4 Å². The van der Waals surface area contributed by atoms with Crippen LogP contribution in [0.5, 0.6) is 0 Å². The zero-order chi connectivity index (χ0) is 19.0. The predicted molar refractivity (Wildman–Crippen MR) is 99.9 cm³/mol. The summed E-state index contributed by atoms with van der Waals surface area (Å²) < 4.78 is 28.4. The van der Waals surface area contributed by atoms with Crippen molar-refractivity contribution in [3.05, 3.63) is 76.9 Å². The minimum absolute atomic E-state index is 0.147. The van der Waals surface area contributed by atoms with Gasteiger partial charge in [-0.1, -0.05) is 25.1 Å². The number of anilines is 2. The number of hydrogen-bond donors (Lipinski definition) is 2. The van der Waals surface area contributed by atoms with Crippen LogP contribution in [0.25, 0.3) is 11.3 Å². The number of amides is 1. The van der Waals surface area contributed by atoms with Crippen molar-refractivity contribution in [2.75, 3.05) is 5.32 Å². The maximum Gasteiger partial charge on any atom is 0.255 e.